The van der Waals surface area contributed by atoms with E-state index in [-0.39, 0.29) is 18.4 Å². The molecule has 5 heteroatoms. The van der Waals surface area contributed by atoms with Crippen LogP contribution in [0.4, 0.5) is 0 Å². The van der Waals surface area contributed by atoms with Gasteiger partial charge in [0, 0.05) is 6.54 Å². The Labute approximate surface area is 96.6 Å². The van der Waals surface area contributed by atoms with Crippen molar-refractivity contribution >= 4 is 11.9 Å². The Bertz CT molecular complexity index is 243. The van der Waals surface area contributed by atoms with Crippen molar-refractivity contribution in [2.45, 2.75) is 39.7 Å². The lowest BCUT2D eigenvalue weighted by Gasteiger charge is -2.26. The Morgan fingerprint density at radius 2 is 1.94 bits per heavy atom. The number of nitrogens with two attached hydrogens (primary N) is 1. The van der Waals surface area contributed by atoms with E-state index in [9.17, 15) is 9.59 Å². The zero-order valence-electron chi connectivity index (χ0n) is 10.3. The van der Waals surface area contributed by atoms with Crippen LogP contribution in [0.2, 0.25) is 0 Å². The summed E-state index contributed by atoms with van der Waals surface area (Å²) in [5, 5.41) is 8.70. The van der Waals surface area contributed by atoms with Crippen molar-refractivity contribution < 1.29 is 14.7 Å². The van der Waals surface area contributed by atoms with Crippen molar-refractivity contribution in [3.05, 3.63) is 0 Å². The van der Waals surface area contributed by atoms with Gasteiger partial charge >= 0.3 is 5.97 Å². The predicted octanol–water partition coefficient (Wildman–Crippen LogP) is 0.683. The van der Waals surface area contributed by atoms with Gasteiger partial charge in [0.2, 0.25) is 5.91 Å². The summed E-state index contributed by atoms with van der Waals surface area (Å²) in [6.07, 6.45) is 1.53. The highest BCUT2D eigenvalue weighted by Gasteiger charge is 2.25. The fourth-order valence-corrected chi connectivity index (χ4v) is 1.41. The second kappa shape index (κ2) is 7.22. The molecule has 0 aliphatic heterocycles. The number of carbonyl (C=O) groups excluding carboxylic acids is 1. The summed E-state index contributed by atoms with van der Waals surface area (Å²) in [4.78, 5) is 23.8. The summed E-state index contributed by atoms with van der Waals surface area (Å²) in [5.41, 5.74) is 5.79. The lowest BCUT2D eigenvalue weighted by Crippen LogP contribution is -2.48. The highest BCUT2D eigenvalue weighted by atomic mass is 16.4. The number of hydrogen-bond donors (Lipinski definition) is 2. The summed E-state index contributed by atoms with van der Waals surface area (Å²) in [7, 11) is 0. The molecule has 0 fully saturated rings. The first-order valence-corrected chi connectivity index (χ1v) is 5.70. The maximum Gasteiger partial charge on any atom is 0.323 e. The van der Waals surface area contributed by atoms with Gasteiger partial charge in [-0.2, -0.15) is 0 Å². The van der Waals surface area contributed by atoms with Crippen LogP contribution in [0.5, 0.6) is 0 Å². The molecule has 5 nitrogen and oxygen atoms in total. The number of carboxylic acid groups (broad SMARTS) is 1. The molecule has 0 spiro atoms. The molecule has 1 unspecified atom stereocenters. The normalized spacial score (nSPS) is 14.2. The van der Waals surface area contributed by atoms with Crippen molar-refractivity contribution in [3.8, 4) is 0 Å². The molecule has 94 valence electrons. The quantitative estimate of drug-likeness (QED) is 0.673. The number of rotatable bonds is 7. The molecule has 0 aliphatic rings. The Morgan fingerprint density at radius 1 is 1.38 bits per heavy atom. The number of hydrogen-bond acceptors (Lipinski definition) is 3. The predicted molar refractivity (Wildman–Crippen MR) is 61.9 cm³/mol. The minimum Gasteiger partial charge on any atom is -0.480 e. The van der Waals surface area contributed by atoms with Crippen LogP contribution in [0.1, 0.15) is 33.6 Å². The first-order chi connectivity index (χ1) is 7.43. The monoisotopic (exact) mass is 230 g/mol. The van der Waals surface area contributed by atoms with Gasteiger partial charge in [-0.1, -0.05) is 27.2 Å². The third kappa shape index (κ3) is 4.61. The highest BCUT2D eigenvalue weighted by molar-refractivity contribution is 5.85. The average molecular weight is 230 g/mol. The second-order valence-corrected chi connectivity index (χ2v) is 4.06. The molecule has 0 aromatic rings. The number of carboxylic acids is 1. The minimum atomic E-state index is -1.00. The van der Waals surface area contributed by atoms with E-state index in [0.29, 0.717) is 6.54 Å². The molecule has 0 aromatic carbocycles. The maximum absolute atomic E-state index is 11.9. The van der Waals surface area contributed by atoms with Crippen molar-refractivity contribution in [2.24, 2.45) is 11.7 Å². The van der Waals surface area contributed by atoms with Crippen molar-refractivity contribution in [2.75, 3.05) is 13.1 Å². The van der Waals surface area contributed by atoms with Gasteiger partial charge in [0.15, 0.2) is 0 Å². The van der Waals surface area contributed by atoms with E-state index in [1.165, 1.54) is 4.90 Å². The van der Waals surface area contributed by atoms with E-state index in [1.54, 1.807) is 0 Å². The third-order valence-corrected chi connectivity index (χ3v) is 2.67. The van der Waals surface area contributed by atoms with E-state index in [1.807, 2.05) is 20.8 Å². The standard InChI is InChI=1S/C11H22N2O3/c1-4-6-13(7-9(14)15)11(16)10(12)8(3)5-2/h8,10H,4-7,12H2,1-3H3,(H,14,15)/t8?,10-/m0/s1. The summed E-state index contributed by atoms with van der Waals surface area (Å²) >= 11 is 0. The first kappa shape index (κ1) is 14.9. The van der Waals surface area contributed by atoms with E-state index >= 15 is 0 Å². The zero-order chi connectivity index (χ0) is 12.7. The van der Waals surface area contributed by atoms with Gasteiger partial charge in [0.25, 0.3) is 0 Å². The van der Waals surface area contributed by atoms with Crippen LogP contribution >= 0.6 is 0 Å². The van der Waals surface area contributed by atoms with Gasteiger partial charge in [-0.3, -0.25) is 9.59 Å². The van der Waals surface area contributed by atoms with Crippen LogP contribution in [0.3, 0.4) is 0 Å². The summed E-state index contributed by atoms with van der Waals surface area (Å²) < 4.78 is 0. The fraction of sp³-hybridized carbons (Fsp3) is 0.818. The Morgan fingerprint density at radius 3 is 2.31 bits per heavy atom. The average Bonchev–Trinajstić information content (AvgIpc) is 2.24. The van der Waals surface area contributed by atoms with E-state index in [4.69, 9.17) is 10.8 Å². The molecule has 0 radical (unpaired) electrons. The van der Waals surface area contributed by atoms with Gasteiger partial charge in [0.1, 0.15) is 6.54 Å². The minimum absolute atomic E-state index is 0.0700. The van der Waals surface area contributed by atoms with E-state index < -0.39 is 12.0 Å². The smallest absolute Gasteiger partial charge is 0.323 e. The van der Waals surface area contributed by atoms with Gasteiger partial charge in [-0.05, 0) is 12.3 Å². The van der Waals surface area contributed by atoms with Crippen LogP contribution in [0, 0.1) is 5.92 Å². The number of nitrogens with zero attached hydrogens (tertiary/aromatic N) is 1. The molecule has 3 N–H and O–H groups in total. The fourth-order valence-electron chi connectivity index (χ4n) is 1.41. The van der Waals surface area contributed by atoms with Gasteiger partial charge in [0.05, 0.1) is 6.04 Å². The van der Waals surface area contributed by atoms with Crippen molar-refractivity contribution in [1.29, 1.82) is 0 Å². The summed E-state index contributed by atoms with van der Waals surface area (Å²) in [5.74, 6) is -1.20. The topological polar surface area (TPSA) is 83.6 Å². The molecule has 16 heavy (non-hydrogen) atoms. The SMILES string of the molecule is CCCN(CC(=O)O)C(=O)[C@@H](N)C(C)CC. The highest BCUT2D eigenvalue weighted by Crippen LogP contribution is 2.08. The van der Waals surface area contributed by atoms with Gasteiger partial charge < -0.3 is 15.7 Å². The Hall–Kier alpha value is -1.10. The molecule has 0 bridgehead atoms. The summed E-state index contributed by atoms with van der Waals surface area (Å²) in [6, 6.07) is -0.601. The lowest BCUT2D eigenvalue weighted by molar-refractivity contribution is -0.145. The molecular formula is C11H22N2O3. The number of aliphatic carboxylic acids is 1. The van der Waals surface area contributed by atoms with E-state index in [0.717, 1.165) is 12.8 Å². The van der Waals surface area contributed by atoms with Crippen LogP contribution < -0.4 is 5.73 Å². The Kier molecular flexibility index (Phi) is 6.72. The molecule has 0 aliphatic carbocycles. The van der Waals surface area contributed by atoms with Crippen LogP contribution in [-0.2, 0) is 9.59 Å². The molecule has 0 rings (SSSR count). The van der Waals surface area contributed by atoms with Crippen LogP contribution in [0.25, 0.3) is 0 Å². The maximum atomic E-state index is 11.9. The van der Waals surface area contributed by atoms with Crippen LogP contribution in [-0.4, -0.2) is 41.0 Å². The molecular weight excluding hydrogens is 208 g/mol. The molecule has 0 saturated heterocycles. The van der Waals surface area contributed by atoms with Crippen molar-refractivity contribution in [1.82, 2.24) is 4.90 Å². The van der Waals surface area contributed by atoms with E-state index in [2.05, 4.69) is 0 Å². The second-order valence-electron chi connectivity index (χ2n) is 4.06. The largest absolute Gasteiger partial charge is 0.480 e. The number of carbonyl (C=O) groups is 2. The number of amides is 1. The zero-order valence-corrected chi connectivity index (χ0v) is 10.3. The van der Waals surface area contributed by atoms with Gasteiger partial charge in [-0.25, -0.2) is 0 Å². The molecule has 0 heterocycles. The van der Waals surface area contributed by atoms with Crippen LogP contribution in [0.15, 0.2) is 0 Å². The molecule has 1 amide bonds. The third-order valence-electron chi connectivity index (χ3n) is 2.67. The van der Waals surface area contributed by atoms with Crippen molar-refractivity contribution in [3.63, 3.8) is 0 Å². The van der Waals surface area contributed by atoms with Gasteiger partial charge in [-0.15, -0.1) is 0 Å². The Balaban J connectivity index is 4.52. The lowest BCUT2D eigenvalue weighted by atomic mass is 9.99. The molecule has 2 atom stereocenters. The molecule has 0 aromatic heterocycles. The first-order valence-electron chi connectivity index (χ1n) is 5.70. The summed E-state index contributed by atoms with van der Waals surface area (Å²) in [6.45, 7) is 5.93. The molecule has 0 saturated carbocycles.